The number of benzene rings is 2. The summed E-state index contributed by atoms with van der Waals surface area (Å²) in [5, 5.41) is 1.51. The number of hydrogen-bond donors (Lipinski definition) is 2. The number of rotatable bonds is 5. The highest BCUT2D eigenvalue weighted by Gasteiger charge is 2.30. The minimum absolute atomic E-state index is 0.108. The van der Waals surface area contributed by atoms with E-state index in [2.05, 4.69) is 9.97 Å². The topological polar surface area (TPSA) is 116 Å². The van der Waals surface area contributed by atoms with Crippen molar-refractivity contribution in [3.05, 3.63) is 94.5 Å². The number of furan rings is 1. The summed E-state index contributed by atoms with van der Waals surface area (Å²) in [7, 11) is 0. The number of H-pyrrole nitrogens is 1. The lowest BCUT2D eigenvalue weighted by Crippen LogP contribution is -2.16. The van der Waals surface area contributed by atoms with Gasteiger partial charge < -0.3 is 24.4 Å². The molecule has 0 saturated heterocycles. The minimum atomic E-state index is -0.650. The number of pyridine rings is 2. The molecule has 0 spiro atoms. The van der Waals surface area contributed by atoms with Crippen LogP contribution in [0.3, 0.4) is 0 Å². The quantitative estimate of drug-likeness (QED) is 0.316. The van der Waals surface area contributed by atoms with Gasteiger partial charge in [0.2, 0.25) is 0 Å². The smallest absolute Gasteiger partial charge is 0.355 e. The van der Waals surface area contributed by atoms with E-state index in [0.717, 1.165) is 10.9 Å². The number of hydrogen-bond acceptors (Lipinski definition) is 6. The van der Waals surface area contributed by atoms with Crippen molar-refractivity contribution in [2.24, 2.45) is 0 Å². The first-order valence-corrected chi connectivity index (χ1v) is 11.7. The van der Waals surface area contributed by atoms with Crippen LogP contribution in [0.5, 0.6) is 0 Å². The molecule has 3 N–H and O–H groups in total. The van der Waals surface area contributed by atoms with Crippen molar-refractivity contribution in [3.8, 4) is 11.1 Å². The summed E-state index contributed by atoms with van der Waals surface area (Å²) in [5.74, 6) is -0.858. The Balaban J connectivity index is 1.77. The molecule has 0 aliphatic rings. The number of halogens is 1. The number of ether oxygens (including phenoxy) is 1. The molecule has 0 fully saturated rings. The fraction of sp³-hybridized carbons (Fsp3) is 0.107. The van der Waals surface area contributed by atoms with Gasteiger partial charge in [0.15, 0.2) is 0 Å². The van der Waals surface area contributed by atoms with Crippen LogP contribution in [0.4, 0.5) is 10.2 Å². The maximum atomic E-state index is 15.3. The standard InChI is InChI=1S/C28H21FN4O4/c1-2-36-28(35)25-23(18-7-5-10-31-27(18)34)24-21(13-19(29)17-9-11-37-26(17)24)33(25)14-15-12-22(30)32-20-8-4-3-6-16(15)20/h3-13H,2,14H2,1H3,(H2,30,32)(H,31,34). The number of para-hydroxylation sites is 1. The van der Waals surface area contributed by atoms with Gasteiger partial charge in [0.05, 0.1) is 40.2 Å². The van der Waals surface area contributed by atoms with Crippen molar-refractivity contribution in [1.29, 1.82) is 0 Å². The number of carbonyl (C=O) groups is 1. The first-order valence-electron chi connectivity index (χ1n) is 11.7. The third-order valence-corrected chi connectivity index (χ3v) is 6.42. The van der Waals surface area contributed by atoms with Crippen LogP contribution in [-0.4, -0.2) is 27.1 Å². The molecule has 4 aromatic heterocycles. The predicted molar refractivity (Wildman–Crippen MR) is 139 cm³/mol. The zero-order valence-corrected chi connectivity index (χ0v) is 19.7. The third kappa shape index (κ3) is 3.55. The summed E-state index contributed by atoms with van der Waals surface area (Å²) in [6.45, 7) is 1.94. The fourth-order valence-electron chi connectivity index (χ4n) is 4.93. The Hall–Kier alpha value is -4.92. The maximum absolute atomic E-state index is 15.3. The molecule has 6 rings (SSSR count). The van der Waals surface area contributed by atoms with Crippen molar-refractivity contribution in [2.75, 3.05) is 12.3 Å². The molecule has 37 heavy (non-hydrogen) atoms. The number of nitrogens with zero attached hydrogens (tertiary/aromatic N) is 2. The molecular weight excluding hydrogens is 475 g/mol. The van der Waals surface area contributed by atoms with Gasteiger partial charge >= 0.3 is 5.97 Å². The molecule has 0 unspecified atom stereocenters. The van der Waals surface area contributed by atoms with Gasteiger partial charge in [-0.05, 0) is 48.9 Å². The van der Waals surface area contributed by atoms with Crippen molar-refractivity contribution >= 4 is 44.6 Å². The largest absolute Gasteiger partial charge is 0.463 e. The molecule has 184 valence electrons. The second-order valence-corrected chi connectivity index (χ2v) is 8.58. The highest BCUT2D eigenvalue weighted by molar-refractivity contribution is 6.17. The maximum Gasteiger partial charge on any atom is 0.355 e. The summed E-state index contributed by atoms with van der Waals surface area (Å²) >= 11 is 0. The first-order chi connectivity index (χ1) is 18.0. The van der Waals surface area contributed by atoms with E-state index in [9.17, 15) is 9.59 Å². The van der Waals surface area contributed by atoms with Gasteiger partial charge in [0.1, 0.15) is 22.9 Å². The number of nitrogen functional groups attached to an aromatic ring is 1. The summed E-state index contributed by atoms with van der Waals surface area (Å²) in [6, 6.07) is 15.3. The Morgan fingerprint density at radius 3 is 2.81 bits per heavy atom. The molecule has 0 radical (unpaired) electrons. The predicted octanol–water partition coefficient (Wildman–Crippen LogP) is 5.24. The van der Waals surface area contributed by atoms with E-state index < -0.39 is 17.3 Å². The molecule has 9 heteroatoms. The van der Waals surface area contributed by atoms with Gasteiger partial charge in [0, 0.05) is 23.7 Å². The van der Waals surface area contributed by atoms with Gasteiger partial charge in [-0.2, -0.15) is 0 Å². The zero-order chi connectivity index (χ0) is 25.7. The zero-order valence-electron chi connectivity index (χ0n) is 19.7. The van der Waals surface area contributed by atoms with Crippen LogP contribution in [0.15, 0.2) is 76.3 Å². The van der Waals surface area contributed by atoms with Crippen molar-refractivity contribution in [2.45, 2.75) is 13.5 Å². The molecule has 2 aromatic carbocycles. The van der Waals surface area contributed by atoms with Crippen LogP contribution in [0.25, 0.3) is 43.9 Å². The van der Waals surface area contributed by atoms with Gasteiger partial charge in [-0.15, -0.1) is 0 Å². The van der Waals surface area contributed by atoms with Gasteiger partial charge in [-0.1, -0.05) is 18.2 Å². The molecule has 0 bridgehead atoms. The van der Waals surface area contributed by atoms with Crippen LogP contribution in [0.1, 0.15) is 23.0 Å². The van der Waals surface area contributed by atoms with Gasteiger partial charge in [-0.25, -0.2) is 14.2 Å². The molecule has 0 saturated carbocycles. The van der Waals surface area contributed by atoms with E-state index in [0.29, 0.717) is 27.8 Å². The molecule has 0 aliphatic carbocycles. The second-order valence-electron chi connectivity index (χ2n) is 8.58. The Bertz CT molecular complexity index is 1900. The molecule has 0 atom stereocenters. The second kappa shape index (κ2) is 8.63. The number of esters is 1. The van der Waals surface area contributed by atoms with E-state index >= 15 is 4.39 Å². The lowest BCUT2D eigenvalue weighted by atomic mass is 10.0. The van der Waals surface area contributed by atoms with Crippen LogP contribution in [0, 0.1) is 5.82 Å². The Morgan fingerprint density at radius 2 is 2.00 bits per heavy atom. The number of anilines is 1. The molecule has 0 amide bonds. The Kier molecular flexibility index (Phi) is 5.26. The number of aromatic amines is 1. The van der Waals surface area contributed by atoms with Gasteiger partial charge in [0.25, 0.3) is 5.56 Å². The summed E-state index contributed by atoms with van der Waals surface area (Å²) < 4.78 is 28.1. The first kappa shape index (κ1) is 22.5. The van der Waals surface area contributed by atoms with E-state index in [1.165, 1.54) is 24.6 Å². The minimum Gasteiger partial charge on any atom is -0.463 e. The van der Waals surface area contributed by atoms with Crippen LogP contribution in [-0.2, 0) is 11.3 Å². The van der Waals surface area contributed by atoms with Crippen LogP contribution < -0.4 is 11.3 Å². The number of nitrogens with two attached hydrogens (primary N) is 1. The molecule has 0 aliphatic heterocycles. The van der Waals surface area contributed by atoms with Crippen molar-refractivity contribution in [1.82, 2.24) is 14.5 Å². The van der Waals surface area contributed by atoms with Gasteiger partial charge in [-0.3, -0.25) is 4.79 Å². The SMILES string of the molecule is CCOC(=O)c1c(-c2ccc[nH]c2=O)c2c3occc3c(F)cc2n1Cc1cc(N)nc2ccccc12. The Labute approximate surface area is 209 Å². The summed E-state index contributed by atoms with van der Waals surface area (Å²) in [4.78, 5) is 33.5. The van der Waals surface area contributed by atoms with Crippen LogP contribution >= 0.6 is 0 Å². The van der Waals surface area contributed by atoms with Crippen molar-refractivity contribution in [3.63, 3.8) is 0 Å². The van der Waals surface area contributed by atoms with E-state index in [-0.39, 0.29) is 35.4 Å². The van der Waals surface area contributed by atoms with E-state index in [1.54, 1.807) is 29.7 Å². The monoisotopic (exact) mass is 496 g/mol. The highest BCUT2D eigenvalue weighted by Crippen LogP contribution is 2.41. The highest BCUT2D eigenvalue weighted by atomic mass is 19.1. The number of fused-ring (bicyclic) bond motifs is 4. The van der Waals surface area contributed by atoms with Crippen LogP contribution in [0.2, 0.25) is 0 Å². The fourth-order valence-corrected chi connectivity index (χ4v) is 4.93. The van der Waals surface area contributed by atoms with E-state index in [4.69, 9.17) is 14.9 Å². The third-order valence-electron chi connectivity index (χ3n) is 6.42. The normalized spacial score (nSPS) is 11.5. The summed E-state index contributed by atoms with van der Waals surface area (Å²) in [5.41, 5.74) is 8.40. The summed E-state index contributed by atoms with van der Waals surface area (Å²) in [6.07, 6.45) is 2.88. The lowest BCUT2D eigenvalue weighted by molar-refractivity contribution is 0.0516. The molecule has 6 aromatic rings. The molecule has 8 nitrogen and oxygen atoms in total. The molecular formula is C28H21FN4O4. The molecule has 4 heterocycles. The Morgan fingerprint density at radius 1 is 1.16 bits per heavy atom. The van der Waals surface area contributed by atoms with E-state index in [1.807, 2.05) is 24.3 Å². The lowest BCUT2D eigenvalue weighted by Gasteiger charge is -2.14. The number of carbonyl (C=O) groups excluding carboxylic acids is 1. The number of nitrogens with one attached hydrogen (secondary N) is 1. The average molecular weight is 496 g/mol. The number of aromatic nitrogens is 3. The average Bonchev–Trinajstić information content (AvgIpc) is 3.48. The van der Waals surface area contributed by atoms with Crippen molar-refractivity contribution < 1.29 is 18.3 Å².